The van der Waals surface area contributed by atoms with Crippen LogP contribution in [0.1, 0.15) is 51.7 Å². The number of hydrogen-bond donors (Lipinski definition) is 1. The molecule has 1 heteroatoms. The molecule has 0 saturated carbocycles. The van der Waals surface area contributed by atoms with Crippen molar-refractivity contribution >= 4 is 0 Å². The molecule has 18 heavy (non-hydrogen) atoms. The summed E-state index contributed by atoms with van der Waals surface area (Å²) in [7, 11) is 0. The van der Waals surface area contributed by atoms with E-state index in [2.05, 4.69) is 57.3 Å². The maximum absolute atomic E-state index is 3.79. The molecule has 0 bridgehead atoms. The predicted octanol–water partition coefficient (Wildman–Crippen LogP) is 3.96. The fraction of sp³-hybridized carbons (Fsp3) is 0.647. The molecule has 100 valence electrons. The SMILES string of the molecule is CCc1ccc(CC2(C(C)(C)C)CCCN2)cc1. The van der Waals surface area contributed by atoms with E-state index < -0.39 is 0 Å². The molecule has 1 unspecified atom stereocenters. The van der Waals surface area contributed by atoms with Gasteiger partial charge < -0.3 is 5.32 Å². The Morgan fingerprint density at radius 1 is 1.11 bits per heavy atom. The van der Waals surface area contributed by atoms with Crippen molar-refractivity contribution < 1.29 is 0 Å². The Hall–Kier alpha value is -0.820. The van der Waals surface area contributed by atoms with Gasteiger partial charge in [0, 0.05) is 5.54 Å². The normalized spacial score (nSPS) is 24.4. The summed E-state index contributed by atoms with van der Waals surface area (Å²) >= 11 is 0. The molecule has 1 fully saturated rings. The maximum atomic E-state index is 3.79. The quantitative estimate of drug-likeness (QED) is 0.850. The van der Waals surface area contributed by atoms with E-state index in [9.17, 15) is 0 Å². The Labute approximate surface area is 112 Å². The van der Waals surface area contributed by atoms with Crippen LogP contribution in [0.5, 0.6) is 0 Å². The van der Waals surface area contributed by atoms with Crippen LogP contribution in [-0.2, 0) is 12.8 Å². The van der Waals surface area contributed by atoms with Gasteiger partial charge in [0.2, 0.25) is 0 Å². The summed E-state index contributed by atoms with van der Waals surface area (Å²) < 4.78 is 0. The number of rotatable bonds is 3. The molecule has 0 spiro atoms. The number of hydrogen-bond acceptors (Lipinski definition) is 1. The Morgan fingerprint density at radius 2 is 1.72 bits per heavy atom. The highest BCUT2D eigenvalue weighted by atomic mass is 15.0. The average Bonchev–Trinajstić information content (AvgIpc) is 2.79. The van der Waals surface area contributed by atoms with Crippen LogP contribution in [0.3, 0.4) is 0 Å². The van der Waals surface area contributed by atoms with E-state index >= 15 is 0 Å². The first-order chi connectivity index (χ1) is 8.47. The van der Waals surface area contributed by atoms with E-state index in [1.807, 2.05) is 0 Å². The zero-order chi connectivity index (χ0) is 13.2. The molecule has 1 aromatic carbocycles. The molecule has 1 atom stereocenters. The third-order valence-corrected chi connectivity index (χ3v) is 4.62. The second-order valence-electron chi connectivity index (χ2n) is 6.71. The van der Waals surface area contributed by atoms with Crippen molar-refractivity contribution in [2.24, 2.45) is 5.41 Å². The summed E-state index contributed by atoms with van der Waals surface area (Å²) in [6.45, 7) is 10.5. The minimum absolute atomic E-state index is 0.279. The van der Waals surface area contributed by atoms with Crippen LogP contribution in [-0.4, -0.2) is 12.1 Å². The van der Waals surface area contributed by atoms with Gasteiger partial charge in [0.1, 0.15) is 0 Å². The summed E-state index contributed by atoms with van der Waals surface area (Å²) in [5, 5.41) is 3.79. The van der Waals surface area contributed by atoms with Crippen LogP contribution in [0.2, 0.25) is 0 Å². The van der Waals surface area contributed by atoms with E-state index in [-0.39, 0.29) is 5.54 Å². The zero-order valence-corrected chi connectivity index (χ0v) is 12.3. The fourth-order valence-corrected chi connectivity index (χ4v) is 3.10. The first-order valence-electron chi connectivity index (χ1n) is 7.30. The van der Waals surface area contributed by atoms with E-state index in [4.69, 9.17) is 0 Å². The van der Waals surface area contributed by atoms with Crippen molar-refractivity contribution in [2.75, 3.05) is 6.54 Å². The monoisotopic (exact) mass is 245 g/mol. The maximum Gasteiger partial charge on any atom is 0.0270 e. The lowest BCUT2D eigenvalue weighted by Gasteiger charge is -2.42. The Bertz CT molecular complexity index is 377. The predicted molar refractivity (Wildman–Crippen MR) is 78.9 cm³/mol. The molecule has 0 amide bonds. The molecule has 1 N–H and O–H groups in total. The van der Waals surface area contributed by atoms with Crippen molar-refractivity contribution in [2.45, 2.75) is 58.9 Å². The number of benzene rings is 1. The summed E-state index contributed by atoms with van der Waals surface area (Å²) in [6.07, 6.45) is 4.89. The summed E-state index contributed by atoms with van der Waals surface area (Å²) in [6, 6.07) is 9.18. The van der Waals surface area contributed by atoms with Crippen LogP contribution in [0.15, 0.2) is 24.3 Å². The minimum atomic E-state index is 0.279. The third-order valence-electron chi connectivity index (χ3n) is 4.62. The van der Waals surface area contributed by atoms with Gasteiger partial charge in [0.25, 0.3) is 0 Å². The molecular formula is C17H27N. The average molecular weight is 245 g/mol. The lowest BCUT2D eigenvalue weighted by atomic mass is 9.69. The summed E-state index contributed by atoms with van der Waals surface area (Å²) in [5.41, 5.74) is 3.49. The van der Waals surface area contributed by atoms with E-state index in [0.717, 1.165) is 12.8 Å². The molecular weight excluding hydrogens is 218 g/mol. The standard InChI is InChI=1S/C17H27N/c1-5-14-7-9-15(10-8-14)13-17(16(2,3)4)11-6-12-18-17/h7-10,18H,5-6,11-13H2,1-4H3. The lowest BCUT2D eigenvalue weighted by Crippen LogP contribution is -2.52. The van der Waals surface area contributed by atoms with Gasteiger partial charge in [-0.1, -0.05) is 52.0 Å². The van der Waals surface area contributed by atoms with E-state index in [1.165, 1.54) is 30.5 Å². The van der Waals surface area contributed by atoms with Crippen molar-refractivity contribution in [3.8, 4) is 0 Å². The summed E-state index contributed by atoms with van der Waals surface area (Å²) in [4.78, 5) is 0. The van der Waals surface area contributed by atoms with Gasteiger partial charge in [-0.05, 0) is 48.8 Å². The van der Waals surface area contributed by atoms with Gasteiger partial charge in [-0.2, -0.15) is 0 Å². The molecule has 0 radical (unpaired) electrons. The van der Waals surface area contributed by atoms with Crippen molar-refractivity contribution in [3.05, 3.63) is 35.4 Å². The van der Waals surface area contributed by atoms with Crippen LogP contribution in [0, 0.1) is 5.41 Å². The minimum Gasteiger partial charge on any atom is -0.310 e. The molecule has 1 aliphatic rings. The smallest absolute Gasteiger partial charge is 0.0270 e. The van der Waals surface area contributed by atoms with E-state index in [0.29, 0.717) is 5.41 Å². The fourth-order valence-electron chi connectivity index (χ4n) is 3.10. The molecule has 0 aromatic heterocycles. The third kappa shape index (κ3) is 2.61. The second kappa shape index (κ2) is 5.05. The van der Waals surface area contributed by atoms with Gasteiger partial charge in [-0.25, -0.2) is 0 Å². The van der Waals surface area contributed by atoms with Gasteiger partial charge in [-0.3, -0.25) is 0 Å². The zero-order valence-electron chi connectivity index (χ0n) is 12.3. The van der Waals surface area contributed by atoms with Crippen LogP contribution in [0.25, 0.3) is 0 Å². The molecule has 1 aliphatic heterocycles. The van der Waals surface area contributed by atoms with Crippen molar-refractivity contribution in [1.82, 2.24) is 5.32 Å². The highest BCUT2D eigenvalue weighted by Crippen LogP contribution is 2.39. The van der Waals surface area contributed by atoms with Crippen LogP contribution in [0.4, 0.5) is 0 Å². The largest absolute Gasteiger partial charge is 0.310 e. The van der Waals surface area contributed by atoms with Crippen LogP contribution >= 0.6 is 0 Å². The van der Waals surface area contributed by atoms with Gasteiger partial charge in [-0.15, -0.1) is 0 Å². The Kier molecular flexibility index (Phi) is 3.82. The molecule has 1 saturated heterocycles. The van der Waals surface area contributed by atoms with Gasteiger partial charge in [0.15, 0.2) is 0 Å². The first-order valence-corrected chi connectivity index (χ1v) is 7.30. The molecule has 1 heterocycles. The molecule has 1 aromatic rings. The second-order valence-corrected chi connectivity index (χ2v) is 6.71. The number of nitrogens with one attached hydrogen (secondary N) is 1. The topological polar surface area (TPSA) is 12.0 Å². The lowest BCUT2D eigenvalue weighted by molar-refractivity contribution is 0.159. The van der Waals surface area contributed by atoms with Crippen LogP contribution < -0.4 is 5.32 Å². The molecule has 2 rings (SSSR count). The molecule has 1 nitrogen and oxygen atoms in total. The van der Waals surface area contributed by atoms with Gasteiger partial charge in [0.05, 0.1) is 0 Å². The highest BCUT2D eigenvalue weighted by Gasteiger charge is 2.43. The van der Waals surface area contributed by atoms with Gasteiger partial charge >= 0.3 is 0 Å². The number of aryl methyl sites for hydroxylation is 1. The first kappa shape index (κ1) is 13.6. The Balaban J connectivity index is 2.18. The summed E-state index contributed by atoms with van der Waals surface area (Å²) in [5.74, 6) is 0. The van der Waals surface area contributed by atoms with Crippen molar-refractivity contribution in [3.63, 3.8) is 0 Å². The van der Waals surface area contributed by atoms with E-state index in [1.54, 1.807) is 0 Å². The highest BCUT2D eigenvalue weighted by molar-refractivity contribution is 5.25. The Morgan fingerprint density at radius 3 is 2.17 bits per heavy atom. The molecule has 0 aliphatic carbocycles. The van der Waals surface area contributed by atoms with Crippen molar-refractivity contribution in [1.29, 1.82) is 0 Å².